The Bertz CT molecular complexity index is 475. The first-order valence-corrected chi connectivity index (χ1v) is 5.41. The van der Waals surface area contributed by atoms with Gasteiger partial charge in [-0.1, -0.05) is 0 Å². The van der Waals surface area contributed by atoms with Crippen LogP contribution < -0.4 is 4.90 Å². The predicted molar refractivity (Wildman–Crippen MR) is 65.9 cm³/mol. The van der Waals surface area contributed by atoms with Gasteiger partial charge in [-0.2, -0.15) is 0 Å². The van der Waals surface area contributed by atoms with Crippen molar-refractivity contribution in [2.75, 3.05) is 19.0 Å². The second kappa shape index (κ2) is 4.86. The highest BCUT2D eigenvalue weighted by Crippen LogP contribution is 2.08. The van der Waals surface area contributed by atoms with Crippen molar-refractivity contribution in [1.82, 2.24) is 19.9 Å². The lowest BCUT2D eigenvalue weighted by Crippen LogP contribution is -2.12. The smallest absolute Gasteiger partial charge is 0.224 e. The number of nitrogens with zero attached hydrogens (tertiary/aromatic N) is 5. The van der Waals surface area contributed by atoms with Gasteiger partial charge in [0.15, 0.2) is 0 Å². The van der Waals surface area contributed by atoms with Gasteiger partial charge < -0.3 is 4.90 Å². The molecule has 0 amide bonds. The Balaban J connectivity index is 2.11. The van der Waals surface area contributed by atoms with E-state index in [0.29, 0.717) is 5.95 Å². The second-order valence-corrected chi connectivity index (χ2v) is 4.10. The molecule has 0 aliphatic heterocycles. The molecule has 0 atom stereocenters. The van der Waals surface area contributed by atoms with Gasteiger partial charge in [-0.05, 0) is 18.1 Å². The van der Waals surface area contributed by atoms with E-state index in [1.165, 1.54) is 0 Å². The lowest BCUT2D eigenvalue weighted by atomic mass is 10.1. The maximum atomic E-state index is 4.27. The van der Waals surface area contributed by atoms with E-state index in [9.17, 15) is 0 Å². The summed E-state index contributed by atoms with van der Waals surface area (Å²) in [6.45, 7) is 1.87. The van der Waals surface area contributed by atoms with Gasteiger partial charge in [0.1, 0.15) is 5.82 Å². The Labute approximate surface area is 101 Å². The van der Waals surface area contributed by atoms with Gasteiger partial charge in [0.25, 0.3) is 0 Å². The molecule has 2 rings (SSSR count). The standard InChI is InChI=1S/C12H15N5/c1-9-13-5-10(6-14-9)4-11-7-15-12(16-8-11)17(2)3/h5-8H,4H2,1-3H3. The van der Waals surface area contributed by atoms with Crippen LogP contribution in [0.25, 0.3) is 0 Å². The minimum absolute atomic E-state index is 0.717. The molecule has 2 heterocycles. The summed E-state index contributed by atoms with van der Waals surface area (Å²) in [6.07, 6.45) is 8.10. The average Bonchev–Trinajstić information content (AvgIpc) is 2.33. The maximum Gasteiger partial charge on any atom is 0.224 e. The van der Waals surface area contributed by atoms with E-state index in [1.807, 2.05) is 50.7 Å². The Morgan fingerprint density at radius 2 is 1.35 bits per heavy atom. The van der Waals surface area contributed by atoms with E-state index < -0.39 is 0 Å². The normalized spacial score (nSPS) is 10.3. The fourth-order valence-corrected chi connectivity index (χ4v) is 1.42. The quantitative estimate of drug-likeness (QED) is 0.792. The van der Waals surface area contributed by atoms with Gasteiger partial charge in [0.2, 0.25) is 5.95 Å². The molecule has 0 bridgehead atoms. The van der Waals surface area contributed by atoms with E-state index in [2.05, 4.69) is 19.9 Å². The minimum Gasteiger partial charge on any atom is -0.347 e. The molecule has 5 heteroatoms. The highest BCUT2D eigenvalue weighted by atomic mass is 15.2. The van der Waals surface area contributed by atoms with E-state index >= 15 is 0 Å². The number of hydrogen-bond acceptors (Lipinski definition) is 5. The Hall–Kier alpha value is -2.04. The van der Waals surface area contributed by atoms with Gasteiger partial charge in [0, 0.05) is 45.3 Å². The molecule has 0 spiro atoms. The van der Waals surface area contributed by atoms with Crippen LogP contribution in [0.5, 0.6) is 0 Å². The molecule has 0 aliphatic rings. The molecule has 0 N–H and O–H groups in total. The Morgan fingerprint density at radius 1 is 0.882 bits per heavy atom. The summed E-state index contributed by atoms with van der Waals surface area (Å²) >= 11 is 0. The van der Waals surface area contributed by atoms with Crippen LogP contribution in [-0.2, 0) is 6.42 Å². The zero-order valence-electron chi connectivity index (χ0n) is 10.3. The molecule has 0 saturated heterocycles. The van der Waals surface area contributed by atoms with Crippen molar-refractivity contribution >= 4 is 5.95 Å². The van der Waals surface area contributed by atoms with Crippen LogP contribution in [0.2, 0.25) is 0 Å². The van der Waals surface area contributed by atoms with Crippen molar-refractivity contribution in [3.05, 3.63) is 41.7 Å². The zero-order valence-corrected chi connectivity index (χ0v) is 10.3. The topological polar surface area (TPSA) is 54.8 Å². The van der Waals surface area contributed by atoms with Gasteiger partial charge in [0.05, 0.1) is 0 Å². The average molecular weight is 229 g/mol. The van der Waals surface area contributed by atoms with Crippen LogP contribution in [0.1, 0.15) is 17.0 Å². The summed E-state index contributed by atoms with van der Waals surface area (Å²) in [5.74, 6) is 1.50. The third-order valence-electron chi connectivity index (χ3n) is 2.33. The van der Waals surface area contributed by atoms with Crippen molar-refractivity contribution in [3.8, 4) is 0 Å². The number of aromatic nitrogens is 4. The number of hydrogen-bond donors (Lipinski definition) is 0. The number of aryl methyl sites for hydroxylation is 1. The molecule has 0 aliphatic carbocycles. The summed E-state index contributed by atoms with van der Waals surface area (Å²) in [4.78, 5) is 18.7. The van der Waals surface area contributed by atoms with Gasteiger partial charge in [-0.3, -0.25) is 0 Å². The highest BCUT2D eigenvalue weighted by Gasteiger charge is 2.01. The molecule has 0 radical (unpaired) electrons. The molecule has 17 heavy (non-hydrogen) atoms. The lowest BCUT2D eigenvalue weighted by molar-refractivity contribution is 0.961. The highest BCUT2D eigenvalue weighted by molar-refractivity contribution is 5.28. The molecule has 0 unspecified atom stereocenters. The molecule has 2 aromatic rings. The van der Waals surface area contributed by atoms with Crippen LogP contribution in [0.3, 0.4) is 0 Å². The zero-order chi connectivity index (χ0) is 12.3. The fraction of sp³-hybridized carbons (Fsp3) is 0.333. The second-order valence-electron chi connectivity index (χ2n) is 4.10. The molecule has 0 saturated carbocycles. The van der Waals surface area contributed by atoms with Gasteiger partial charge in [-0.25, -0.2) is 19.9 Å². The third-order valence-corrected chi connectivity index (χ3v) is 2.33. The summed E-state index contributed by atoms with van der Waals surface area (Å²) in [5, 5.41) is 0. The summed E-state index contributed by atoms with van der Waals surface area (Å²) in [6, 6.07) is 0. The number of rotatable bonds is 3. The van der Waals surface area contributed by atoms with Crippen LogP contribution in [0.4, 0.5) is 5.95 Å². The number of anilines is 1. The van der Waals surface area contributed by atoms with Crippen molar-refractivity contribution in [3.63, 3.8) is 0 Å². The Morgan fingerprint density at radius 3 is 1.82 bits per heavy atom. The van der Waals surface area contributed by atoms with Crippen molar-refractivity contribution in [1.29, 1.82) is 0 Å². The molecule has 0 aromatic carbocycles. The molecule has 0 fully saturated rings. The van der Waals surface area contributed by atoms with Crippen LogP contribution in [-0.4, -0.2) is 34.0 Å². The summed E-state index contributed by atoms with van der Waals surface area (Å²) < 4.78 is 0. The largest absolute Gasteiger partial charge is 0.347 e. The van der Waals surface area contributed by atoms with Crippen molar-refractivity contribution in [2.24, 2.45) is 0 Å². The molecule has 2 aromatic heterocycles. The molecule has 5 nitrogen and oxygen atoms in total. The van der Waals surface area contributed by atoms with Crippen molar-refractivity contribution in [2.45, 2.75) is 13.3 Å². The van der Waals surface area contributed by atoms with E-state index in [-0.39, 0.29) is 0 Å². The van der Waals surface area contributed by atoms with Crippen LogP contribution in [0.15, 0.2) is 24.8 Å². The van der Waals surface area contributed by atoms with Crippen molar-refractivity contribution < 1.29 is 0 Å². The fourth-order valence-electron chi connectivity index (χ4n) is 1.42. The maximum absolute atomic E-state index is 4.27. The monoisotopic (exact) mass is 229 g/mol. The third kappa shape index (κ3) is 2.96. The first-order valence-electron chi connectivity index (χ1n) is 5.41. The molecule has 88 valence electrons. The SMILES string of the molecule is Cc1ncc(Cc2cnc(N(C)C)nc2)cn1. The van der Waals surface area contributed by atoms with E-state index in [0.717, 1.165) is 23.4 Å². The minimum atomic E-state index is 0.717. The lowest BCUT2D eigenvalue weighted by Gasteiger charge is -2.09. The van der Waals surface area contributed by atoms with Gasteiger partial charge >= 0.3 is 0 Å². The van der Waals surface area contributed by atoms with Crippen LogP contribution in [0, 0.1) is 6.92 Å². The summed E-state index contributed by atoms with van der Waals surface area (Å²) in [7, 11) is 3.84. The summed E-state index contributed by atoms with van der Waals surface area (Å²) in [5.41, 5.74) is 2.12. The molecular weight excluding hydrogens is 214 g/mol. The predicted octanol–water partition coefficient (Wildman–Crippen LogP) is 1.23. The van der Waals surface area contributed by atoms with Gasteiger partial charge in [-0.15, -0.1) is 0 Å². The molecular formula is C12H15N5. The van der Waals surface area contributed by atoms with Crippen LogP contribution >= 0.6 is 0 Å². The first kappa shape index (κ1) is 11.4. The van der Waals surface area contributed by atoms with E-state index in [4.69, 9.17) is 0 Å². The van der Waals surface area contributed by atoms with E-state index in [1.54, 1.807) is 0 Å². The first-order chi connectivity index (χ1) is 8.15. The Kier molecular flexibility index (Phi) is 3.27.